The molecular weight excluding hydrogens is 380 g/mol. The molecule has 4 rings (SSSR count). The number of amides is 1. The number of carbonyl (C=O) groups excluding carboxylic acids is 1. The number of fused-ring (bicyclic) bond motifs is 1. The highest BCUT2D eigenvalue weighted by Gasteiger charge is 2.43. The van der Waals surface area contributed by atoms with Crippen molar-refractivity contribution in [1.82, 2.24) is 0 Å². The van der Waals surface area contributed by atoms with E-state index in [9.17, 15) is 13.6 Å². The number of halogens is 3. The van der Waals surface area contributed by atoms with E-state index in [-0.39, 0.29) is 22.4 Å². The van der Waals surface area contributed by atoms with Gasteiger partial charge in [-0.05, 0) is 36.2 Å². The molecule has 0 spiro atoms. The molecule has 0 bridgehead atoms. The summed E-state index contributed by atoms with van der Waals surface area (Å²) in [7, 11) is 0. The van der Waals surface area contributed by atoms with Crippen LogP contribution in [0.4, 0.5) is 14.5 Å². The summed E-state index contributed by atoms with van der Waals surface area (Å²) in [5.41, 5.74) is 2.90. The predicted molar refractivity (Wildman–Crippen MR) is 94.5 cm³/mol. The summed E-state index contributed by atoms with van der Waals surface area (Å²) in [6.07, 6.45) is -0.839. The smallest absolute Gasteiger partial charge is 0.471 e. The van der Waals surface area contributed by atoms with Crippen molar-refractivity contribution in [1.29, 1.82) is 0 Å². The number of nitrogens with one attached hydrogen (secondary N) is 1. The Hall–Kier alpha value is -3.06. The van der Waals surface area contributed by atoms with Crippen LogP contribution in [0.5, 0.6) is 11.5 Å². The van der Waals surface area contributed by atoms with Gasteiger partial charge in [-0.3, -0.25) is 4.79 Å². The molecule has 27 heavy (non-hydrogen) atoms. The fourth-order valence-corrected chi connectivity index (χ4v) is 2.98. The molecule has 2 heterocycles. The summed E-state index contributed by atoms with van der Waals surface area (Å²) in [6.45, 7) is 1.77. The van der Waals surface area contributed by atoms with Crippen LogP contribution in [0.25, 0.3) is 11.1 Å². The Morgan fingerprint density at radius 3 is 2.37 bits per heavy atom. The minimum Gasteiger partial charge on any atom is -0.471 e. The van der Waals surface area contributed by atoms with Gasteiger partial charge in [0.25, 0.3) is 5.91 Å². The Bertz CT molecular complexity index is 1030. The maximum Gasteiger partial charge on any atom is 0.586 e. The van der Waals surface area contributed by atoms with Crippen LogP contribution in [0.1, 0.15) is 15.9 Å². The second-order valence-corrected chi connectivity index (χ2v) is 6.35. The summed E-state index contributed by atoms with van der Waals surface area (Å²) in [5.74, 6) is -0.502. The normalized spacial score (nSPS) is 14.2. The van der Waals surface area contributed by atoms with Gasteiger partial charge in [0, 0.05) is 17.3 Å². The third-order valence-electron chi connectivity index (χ3n) is 4.04. The molecule has 1 aliphatic heterocycles. The molecule has 1 N–H and O–H groups in total. The number of rotatable bonds is 3. The molecule has 1 amide bonds. The van der Waals surface area contributed by atoms with Crippen LogP contribution in [0.3, 0.4) is 0 Å². The van der Waals surface area contributed by atoms with Gasteiger partial charge in [0.05, 0.1) is 16.8 Å². The van der Waals surface area contributed by atoms with Gasteiger partial charge in [0.15, 0.2) is 11.5 Å². The van der Waals surface area contributed by atoms with E-state index in [0.717, 1.165) is 5.56 Å². The fourth-order valence-electron chi connectivity index (χ4n) is 2.72. The fraction of sp³-hybridized carbons (Fsp3) is 0.105. The van der Waals surface area contributed by atoms with Gasteiger partial charge < -0.3 is 19.2 Å². The second-order valence-electron chi connectivity index (χ2n) is 5.95. The van der Waals surface area contributed by atoms with E-state index >= 15 is 0 Å². The first-order valence-electron chi connectivity index (χ1n) is 7.86. The second kappa shape index (κ2) is 6.28. The van der Waals surface area contributed by atoms with E-state index in [1.165, 1.54) is 24.7 Å². The topological polar surface area (TPSA) is 60.7 Å². The number of hydrogen-bond donors (Lipinski definition) is 1. The zero-order chi connectivity index (χ0) is 19.2. The number of hydrogen-bond acceptors (Lipinski definition) is 4. The Labute approximate surface area is 157 Å². The van der Waals surface area contributed by atoms with Gasteiger partial charge in [0.1, 0.15) is 6.26 Å². The third kappa shape index (κ3) is 3.33. The molecule has 138 valence electrons. The number of carbonyl (C=O) groups is 1. The van der Waals surface area contributed by atoms with Crippen LogP contribution >= 0.6 is 11.6 Å². The van der Waals surface area contributed by atoms with Crippen LogP contribution in [-0.4, -0.2) is 12.2 Å². The Balaban J connectivity index is 1.57. The largest absolute Gasteiger partial charge is 0.586 e. The molecule has 5 nitrogen and oxygen atoms in total. The highest BCUT2D eigenvalue weighted by atomic mass is 35.5. The van der Waals surface area contributed by atoms with E-state index in [2.05, 4.69) is 14.8 Å². The molecule has 0 saturated heterocycles. The molecule has 1 aromatic heterocycles. The first kappa shape index (κ1) is 17.4. The van der Waals surface area contributed by atoms with E-state index < -0.39 is 6.29 Å². The lowest BCUT2D eigenvalue weighted by Crippen LogP contribution is -2.25. The lowest BCUT2D eigenvalue weighted by atomic mass is 10.0. The van der Waals surface area contributed by atoms with Crippen molar-refractivity contribution in [2.45, 2.75) is 13.2 Å². The van der Waals surface area contributed by atoms with Crippen LogP contribution in [0, 0.1) is 6.92 Å². The number of furan rings is 1. The minimum absolute atomic E-state index is 0.0905. The van der Waals surface area contributed by atoms with Crippen molar-refractivity contribution >= 4 is 23.2 Å². The van der Waals surface area contributed by atoms with Gasteiger partial charge in [-0.2, -0.15) is 0 Å². The molecule has 8 heteroatoms. The molecular formula is C19H12ClF2NO4. The first-order chi connectivity index (χ1) is 12.8. The molecule has 0 fully saturated rings. The van der Waals surface area contributed by atoms with Gasteiger partial charge in [-0.25, -0.2) is 0 Å². The summed E-state index contributed by atoms with van der Waals surface area (Å²) in [4.78, 5) is 12.2. The van der Waals surface area contributed by atoms with Crippen molar-refractivity contribution in [2.75, 3.05) is 5.32 Å². The summed E-state index contributed by atoms with van der Waals surface area (Å²) in [5, 5.41) is 2.99. The third-order valence-corrected chi connectivity index (χ3v) is 4.36. The van der Waals surface area contributed by atoms with Crippen molar-refractivity contribution in [3.63, 3.8) is 0 Å². The highest BCUT2D eigenvalue weighted by molar-refractivity contribution is 6.33. The van der Waals surface area contributed by atoms with Gasteiger partial charge >= 0.3 is 6.29 Å². The SMILES string of the molecule is Cc1cocc1C(=O)Nc1ccc(-c2cc3c(cc2Cl)OC(F)(F)O3)cc1. The van der Waals surface area contributed by atoms with Crippen molar-refractivity contribution in [2.24, 2.45) is 0 Å². The van der Waals surface area contributed by atoms with E-state index in [4.69, 9.17) is 16.0 Å². The van der Waals surface area contributed by atoms with Gasteiger partial charge in [-0.15, -0.1) is 8.78 Å². The van der Waals surface area contributed by atoms with E-state index in [1.54, 1.807) is 31.2 Å². The van der Waals surface area contributed by atoms with Crippen LogP contribution in [0.2, 0.25) is 5.02 Å². The Kier molecular flexibility index (Phi) is 4.04. The summed E-state index contributed by atoms with van der Waals surface area (Å²) >= 11 is 6.18. The molecule has 3 aromatic rings. The zero-order valence-corrected chi connectivity index (χ0v) is 14.6. The van der Waals surface area contributed by atoms with Crippen molar-refractivity contribution in [3.05, 3.63) is 65.1 Å². The Morgan fingerprint density at radius 2 is 1.74 bits per heavy atom. The zero-order valence-electron chi connectivity index (χ0n) is 13.9. The molecule has 0 unspecified atom stereocenters. The summed E-state index contributed by atoms with van der Waals surface area (Å²) < 4.78 is 40.2. The predicted octanol–water partition coefficient (Wildman–Crippen LogP) is 5.48. The molecule has 0 radical (unpaired) electrons. The quantitative estimate of drug-likeness (QED) is 0.642. The lowest BCUT2D eigenvalue weighted by molar-refractivity contribution is -0.286. The molecule has 0 saturated carbocycles. The molecule has 0 atom stereocenters. The first-order valence-corrected chi connectivity index (χ1v) is 8.24. The van der Waals surface area contributed by atoms with Gasteiger partial charge in [-0.1, -0.05) is 23.7 Å². The monoisotopic (exact) mass is 391 g/mol. The number of anilines is 1. The van der Waals surface area contributed by atoms with Crippen molar-refractivity contribution < 1.29 is 27.5 Å². The average Bonchev–Trinajstić information content (AvgIpc) is 3.16. The molecule has 2 aromatic carbocycles. The maximum atomic E-state index is 13.2. The van der Waals surface area contributed by atoms with Crippen LogP contribution in [0.15, 0.2) is 53.3 Å². The number of ether oxygens (including phenoxy) is 2. The minimum atomic E-state index is -3.70. The number of alkyl halides is 2. The number of benzene rings is 2. The Morgan fingerprint density at radius 1 is 1.07 bits per heavy atom. The van der Waals surface area contributed by atoms with E-state index in [0.29, 0.717) is 22.4 Å². The highest BCUT2D eigenvalue weighted by Crippen LogP contribution is 2.46. The standard InChI is InChI=1S/C19H12ClF2NO4/c1-10-8-25-9-14(10)18(24)23-12-4-2-11(3-5-12)13-6-16-17(7-15(13)20)27-19(21,22)26-16/h2-9H,1H3,(H,23,24). The van der Waals surface area contributed by atoms with Crippen LogP contribution < -0.4 is 14.8 Å². The van der Waals surface area contributed by atoms with Gasteiger partial charge in [0.2, 0.25) is 0 Å². The van der Waals surface area contributed by atoms with Crippen molar-refractivity contribution in [3.8, 4) is 22.6 Å². The van der Waals surface area contributed by atoms with Crippen LogP contribution in [-0.2, 0) is 0 Å². The molecule has 0 aliphatic carbocycles. The summed E-state index contributed by atoms with van der Waals surface area (Å²) in [6, 6.07) is 9.45. The maximum absolute atomic E-state index is 13.2. The molecule has 1 aliphatic rings. The average molecular weight is 392 g/mol. The lowest BCUT2D eigenvalue weighted by Gasteiger charge is -2.08. The number of aryl methyl sites for hydroxylation is 1. The van der Waals surface area contributed by atoms with E-state index in [1.807, 2.05) is 0 Å².